The molecule has 108 valence electrons. The van der Waals surface area contributed by atoms with Crippen LogP contribution in [0.5, 0.6) is 0 Å². The van der Waals surface area contributed by atoms with Gasteiger partial charge in [-0.3, -0.25) is 0 Å². The molecular weight excluding hydrogens is 276 g/mol. The number of nitrogens with one attached hydrogen (secondary N) is 1. The van der Waals surface area contributed by atoms with Crippen LogP contribution in [0.25, 0.3) is 0 Å². The highest BCUT2D eigenvalue weighted by Gasteiger charge is 2.33. The Labute approximate surface area is 109 Å². The molecule has 8 heteroatoms. The zero-order chi connectivity index (χ0) is 13.8. The molecule has 0 aromatic rings. The first-order chi connectivity index (χ1) is 8.30. The summed E-state index contributed by atoms with van der Waals surface area (Å²) in [6.07, 6.45) is 1.66. The van der Waals surface area contributed by atoms with Crippen LogP contribution in [0.15, 0.2) is 0 Å². The van der Waals surface area contributed by atoms with Crippen molar-refractivity contribution < 1.29 is 16.8 Å². The molecule has 6 nitrogen and oxygen atoms in total. The van der Waals surface area contributed by atoms with Crippen molar-refractivity contribution in [2.75, 3.05) is 18.1 Å². The number of sulfonamides is 1. The molecule has 1 saturated heterocycles. The van der Waals surface area contributed by atoms with Crippen molar-refractivity contribution in [3.8, 4) is 0 Å². The lowest BCUT2D eigenvalue weighted by Crippen LogP contribution is -2.44. The van der Waals surface area contributed by atoms with Gasteiger partial charge in [0.25, 0.3) is 0 Å². The third-order valence-electron chi connectivity index (χ3n) is 3.28. The summed E-state index contributed by atoms with van der Waals surface area (Å²) in [6.45, 7) is 2.33. The number of hydrogen-bond acceptors (Lipinski definition) is 5. The topological polar surface area (TPSA) is 106 Å². The molecule has 0 bridgehead atoms. The largest absolute Gasteiger partial charge is 0.330 e. The van der Waals surface area contributed by atoms with Gasteiger partial charge in [-0.25, -0.2) is 21.6 Å². The van der Waals surface area contributed by atoms with Gasteiger partial charge in [-0.2, -0.15) is 0 Å². The van der Waals surface area contributed by atoms with Gasteiger partial charge in [0, 0.05) is 6.04 Å². The smallest absolute Gasteiger partial charge is 0.214 e. The minimum Gasteiger partial charge on any atom is -0.330 e. The zero-order valence-electron chi connectivity index (χ0n) is 10.6. The summed E-state index contributed by atoms with van der Waals surface area (Å²) in [5, 5.41) is -0.590. The van der Waals surface area contributed by atoms with Crippen molar-refractivity contribution in [1.29, 1.82) is 0 Å². The van der Waals surface area contributed by atoms with E-state index >= 15 is 0 Å². The van der Waals surface area contributed by atoms with Gasteiger partial charge in [0.1, 0.15) is 9.84 Å². The molecule has 0 amide bonds. The maximum absolute atomic E-state index is 12.1. The van der Waals surface area contributed by atoms with E-state index in [1.807, 2.05) is 6.92 Å². The monoisotopic (exact) mass is 298 g/mol. The Balaban J connectivity index is 2.64. The van der Waals surface area contributed by atoms with Crippen LogP contribution < -0.4 is 10.5 Å². The van der Waals surface area contributed by atoms with Crippen molar-refractivity contribution in [2.45, 2.75) is 43.9 Å². The maximum atomic E-state index is 12.1. The molecule has 0 aliphatic carbocycles. The predicted molar refractivity (Wildman–Crippen MR) is 71.5 cm³/mol. The fourth-order valence-corrected chi connectivity index (χ4v) is 5.64. The summed E-state index contributed by atoms with van der Waals surface area (Å²) >= 11 is 0. The van der Waals surface area contributed by atoms with E-state index in [9.17, 15) is 16.8 Å². The third kappa shape index (κ3) is 4.49. The first-order valence-corrected chi connectivity index (χ1v) is 9.59. The lowest BCUT2D eigenvalue weighted by atomic mass is 10.2. The lowest BCUT2D eigenvalue weighted by Gasteiger charge is -2.25. The Hall–Kier alpha value is -0.180. The Morgan fingerprint density at radius 3 is 2.33 bits per heavy atom. The standard InChI is InChI=1S/C10H22N2O4S2/c1-2-9(3-6-11)12-18(15,16)10-4-7-17(13,14)8-5-10/h9-10,12H,2-8,11H2,1H3. The molecule has 1 unspecified atom stereocenters. The number of hydrogen-bond donors (Lipinski definition) is 2. The van der Waals surface area contributed by atoms with Crippen LogP contribution in [0, 0.1) is 0 Å². The van der Waals surface area contributed by atoms with E-state index in [-0.39, 0.29) is 30.4 Å². The van der Waals surface area contributed by atoms with E-state index < -0.39 is 25.1 Å². The SMILES string of the molecule is CCC(CCN)NS(=O)(=O)C1CCS(=O)(=O)CC1. The summed E-state index contributed by atoms with van der Waals surface area (Å²) in [4.78, 5) is 0. The first kappa shape index (κ1) is 15.9. The highest BCUT2D eigenvalue weighted by Crippen LogP contribution is 2.19. The van der Waals surface area contributed by atoms with Crippen LogP contribution in [-0.2, 0) is 19.9 Å². The van der Waals surface area contributed by atoms with Crippen molar-refractivity contribution in [3.63, 3.8) is 0 Å². The molecule has 0 aromatic carbocycles. The molecule has 0 spiro atoms. The van der Waals surface area contributed by atoms with Crippen molar-refractivity contribution in [2.24, 2.45) is 5.73 Å². The fraction of sp³-hybridized carbons (Fsp3) is 1.00. The quantitative estimate of drug-likeness (QED) is 0.694. The van der Waals surface area contributed by atoms with Gasteiger partial charge in [-0.05, 0) is 32.2 Å². The van der Waals surface area contributed by atoms with Gasteiger partial charge in [-0.1, -0.05) is 6.92 Å². The van der Waals surface area contributed by atoms with Crippen molar-refractivity contribution in [3.05, 3.63) is 0 Å². The van der Waals surface area contributed by atoms with Crippen LogP contribution in [0.2, 0.25) is 0 Å². The molecule has 1 aliphatic rings. The summed E-state index contributed by atoms with van der Waals surface area (Å²) in [7, 11) is -6.47. The van der Waals surface area contributed by atoms with Gasteiger partial charge in [0.2, 0.25) is 10.0 Å². The molecular formula is C10H22N2O4S2. The first-order valence-electron chi connectivity index (χ1n) is 6.22. The van der Waals surface area contributed by atoms with E-state index in [2.05, 4.69) is 4.72 Å². The summed E-state index contributed by atoms with van der Waals surface area (Å²) < 4.78 is 49.4. The van der Waals surface area contributed by atoms with Gasteiger partial charge in [0.15, 0.2) is 0 Å². The highest BCUT2D eigenvalue weighted by molar-refractivity contribution is 7.92. The van der Waals surface area contributed by atoms with Crippen molar-refractivity contribution >= 4 is 19.9 Å². The molecule has 18 heavy (non-hydrogen) atoms. The van der Waals surface area contributed by atoms with Crippen molar-refractivity contribution in [1.82, 2.24) is 4.72 Å². The summed E-state index contributed by atoms with van der Waals surface area (Å²) in [5.41, 5.74) is 5.42. The third-order valence-corrected chi connectivity index (χ3v) is 7.01. The normalized spacial score (nSPS) is 22.8. The highest BCUT2D eigenvalue weighted by atomic mass is 32.2. The molecule has 1 fully saturated rings. The lowest BCUT2D eigenvalue weighted by molar-refractivity contribution is 0.503. The molecule has 0 saturated carbocycles. The molecule has 3 N–H and O–H groups in total. The second-order valence-corrected chi connectivity index (χ2v) is 8.99. The van der Waals surface area contributed by atoms with Crippen LogP contribution in [0.3, 0.4) is 0 Å². The predicted octanol–water partition coefficient (Wildman–Crippen LogP) is -0.390. The second-order valence-electron chi connectivity index (χ2n) is 4.70. The molecule has 0 aromatic heterocycles. The van der Waals surface area contributed by atoms with Crippen LogP contribution >= 0.6 is 0 Å². The minimum absolute atomic E-state index is 0.0355. The average molecular weight is 298 g/mol. The molecule has 1 rings (SSSR count). The Bertz CT molecular complexity index is 444. The minimum atomic E-state index is -3.44. The van der Waals surface area contributed by atoms with E-state index in [0.29, 0.717) is 19.4 Å². The molecule has 1 heterocycles. The van der Waals surface area contributed by atoms with Crippen LogP contribution in [0.4, 0.5) is 0 Å². The maximum Gasteiger partial charge on any atom is 0.214 e. The fourth-order valence-electron chi connectivity index (χ4n) is 2.05. The van der Waals surface area contributed by atoms with Gasteiger partial charge < -0.3 is 5.73 Å². The van der Waals surface area contributed by atoms with Gasteiger partial charge in [-0.15, -0.1) is 0 Å². The Morgan fingerprint density at radius 1 is 1.33 bits per heavy atom. The van der Waals surface area contributed by atoms with E-state index in [0.717, 1.165) is 0 Å². The van der Waals surface area contributed by atoms with E-state index in [1.165, 1.54) is 0 Å². The second kappa shape index (κ2) is 6.31. The molecule has 1 aliphatic heterocycles. The molecule has 1 atom stereocenters. The zero-order valence-corrected chi connectivity index (χ0v) is 12.3. The van der Waals surface area contributed by atoms with Crippen LogP contribution in [-0.4, -0.2) is 46.2 Å². The van der Waals surface area contributed by atoms with Gasteiger partial charge in [0.05, 0.1) is 16.8 Å². The van der Waals surface area contributed by atoms with Gasteiger partial charge >= 0.3 is 0 Å². The Morgan fingerprint density at radius 2 is 1.89 bits per heavy atom. The van der Waals surface area contributed by atoms with E-state index in [1.54, 1.807) is 0 Å². The van der Waals surface area contributed by atoms with Crippen LogP contribution in [0.1, 0.15) is 32.6 Å². The number of rotatable bonds is 6. The summed E-state index contributed by atoms with van der Waals surface area (Å²) in [6, 6.07) is -0.154. The van der Waals surface area contributed by atoms with E-state index in [4.69, 9.17) is 5.73 Å². The number of sulfone groups is 1. The average Bonchev–Trinajstić information content (AvgIpc) is 2.27. The Kier molecular flexibility index (Phi) is 5.57. The number of nitrogens with two attached hydrogens (primary N) is 1. The molecule has 0 radical (unpaired) electrons. The summed E-state index contributed by atoms with van der Waals surface area (Å²) in [5.74, 6) is -0.0709.